The molecule has 6 nitrogen and oxygen atoms in total. The number of nitrogen functional groups attached to an aromatic ring is 1. The largest absolute Gasteiger partial charge is 0.460 e. The van der Waals surface area contributed by atoms with Gasteiger partial charge in [-0.3, -0.25) is 4.79 Å². The van der Waals surface area contributed by atoms with Crippen molar-refractivity contribution in [3.63, 3.8) is 0 Å². The minimum absolute atomic E-state index is 0.272. The predicted molar refractivity (Wildman–Crippen MR) is 107 cm³/mol. The Balaban J connectivity index is 2.84. The van der Waals surface area contributed by atoms with Crippen LogP contribution in [-0.4, -0.2) is 29.3 Å². The van der Waals surface area contributed by atoms with Gasteiger partial charge in [0.05, 0.1) is 5.92 Å². The third-order valence-electron chi connectivity index (χ3n) is 3.63. The summed E-state index contributed by atoms with van der Waals surface area (Å²) in [5.41, 5.74) is 6.29. The van der Waals surface area contributed by atoms with Gasteiger partial charge in [0.25, 0.3) is 0 Å². The molecule has 6 heteroatoms. The Hall–Kier alpha value is -2.24. The van der Waals surface area contributed by atoms with Crippen molar-refractivity contribution in [1.82, 2.24) is 5.32 Å². The smallest absolute Gasteiger partial charge is 0.407 e. The Morgan fingerprint density at radius 3 is 2.00 bits per heavy atom. The maximum atomic E-state index is 12.3. The van der Waals surface area contributed by atoms with E-state index in [1.807, 2.05) is 65.8 Å². The molecule has 152 valence electrons. The van der Waals surface area contributed by atoms with Gasteiger partial charge in [0.2, 0.25) is 0 Å². The van der Waals surface area contributed by atoms with Crippen molar-refractivity contribution in [3.8, 4) is 0 Å². The number of esters is 1. The molecule has 2 atom stereocenters. The van der Waals surface area contributed by atoms with Crippen LogP contribution < -0.4 is 11.1 Å². The molecule has 1 amide bonds. The summed E-state index contributed by atoms with van der Waals surface area (Å²) in [5.74, 6) is -0.645. The lowest BCUT2D eigenvalue weighted by Gasteiger charge is -2.27. The molecule has 0 aliphatic heterocycles. The van der Waals surface area contributed by atoms with Gasteiger partial charge in [-0.25, -0.2) is 4.79 Å². The van der Waals surface area contributed by atoms with Crippen molar-refractivity contribution in [3.05, 3.63) is 29.8 Å². The first-order chi connectivity index (χ1) is 12.2. The third kappa shape index (κ3) is 9.87. The van der Waals surface area contributed by atoms with Gasteiger partial charge in [-0.15, -0.1) is 0 Å². The van der Waals surface area contributed by atoms with Crippen molar-refractivity contribution < 1.29 is 19.1 Å². The van der Waals surface area contributed by atoms with Crippen LogP contribution in [0.5, 0.6) is 0 Å². The Morgan fingerprint density at radius 2 is 1.52 bits per heavy atom. The van der Waals surface area contributed by atoms with Crippen molar-refractivity contribution in [2.75, 3.05) is 5.73 Å². The molecule has 1 rings (SSSR count). The molecule has 0 saturated carbocycles. The van der Waals surface area contributed by atoms with Crippen molar-refractivity contribution in [1.29, 1.82) is 0 Å². The second-order valence-corrected chi connectivity index (χ2v) is 8.96. The van der Waals surface area contributed by atoms with Gasteiger partial charge in [0.15, 0.2) is 0 Å². The molecule has 0 spiro atoms. The number of amides is 1. The minimum Gasteiger partial charge on any atom is -0.460 e. The van der Waals surface area contributed by atoms with Gasteiger partial charge in [-0.05, 0) is 72.1 Å². The van der Waals surface area contributed by atoms with Gasteiger partial charge in [-0.1, -0.05) is 19.1 Å². The SMILES string of the molecule is CC(C[C@H](Cc1ccc(N)cc1)NC(=O)OC(C)(C)C)C(=O)OC(C)(C)C. The Bertz CT molecular complexity index is 627. The van der Waals surface area contributed by atoms with E-state index in [0.717, 1.165) is 5.56 Å². The number of ether oxygens (including phenoxy) is 2. The number of alkyl carbamates (subject to hydrolysis) is 1. The average molecular weight is 379 g/mol. The Morgan fingerprint density at radius 1 is 1.00 bits per heavy atom. The molecule has 3 N–H and O–H groups in total. The summed E-state index contributed by atoms with van der Waals surface area (Å²) in [6.45, 7) is 12.7. The molecule has 0 fully saturated rings. The molecule has 1 aromatic carbocycles. The molecular weight excluding hydrogens is 344 g/mol. The summed E-state index contributed by atoms with van der Waals surface area (Å²) >= 11 is 0. The maximum Gasteiger partial charge on any atom is 0.407 e. The number of nitrogens with one attached hydrogen (secondary N) is 1. The third-order valence-corrected chi connectivity index (χ3v) is 3.63. The maximum absolute atomic E-state index is 12.3. The highest BCUT2D eigenvalue weighted by Crippen LogP contribution is 2.18. The number of benzene rings is 1. The van der Waals surface area contributed by atoms with E-state index in [-0.39, 0.29) is 17.9 Å². The monoisotopic (exact) mass is 378 g/mol. The Labute approximate surface area is 162 Å². The first-order valence-corrected chi connectivity index (χ1v) is 9.32. The first-order valence-electron chi connectivity index (χ1n) is 9.32. The summed E-state index contributed by atoms with van der Waals surface area (Å²) < 4.78 is 10.8. The van der Waals surface area contributed by atoms with Crippen molar-refractivity contribution >= 4 is 17.7 Å². The van der Waals surface area contributed by atoms with Crippen LogP contribution in [0.2, 0.25) is 0 Å². The number of rotatable bonds is 6. The van der Waals surface area contributed by atoms with Crippen LogP contribution in [-0.2, 0) is 20.7 Å². The zero-order valence-electron chi connectivity index (χ0n) is 17.6. The van der Waals surface area contributed by atoms with E-state index in [2.05, 4.69) is 5.32 Å². The van der Waals surface area contributed by atoms with Gasteiger partial charge in [0.1, 0.15) is 11.2 Å². The number of hydrogen-bond donors (Lipinski definition) is 2. The molecule has 0 aliphatic rings. The highest BCUT2D eigenvalue weighted by molar-refractivity contribution is 5.73. The molecule has 0 radical (unpaired) electrons. The number of anilines is 1. The fourth-order valence-electron chi connectivity index (χ4n) is 2.53. The Kier molecular flexibility index (Phi) is 7.69. The molecule has 0 bridgehead atoms. The second-order valence-electron chi connectivity index (χ2n) is 8.96. The predicted octanol–water partition coefficient (Wildman–Crippen LogP) is 4.07. The topological polar surface area (TPSA) is 90.6 Å². The van der Waals surface area contributed by atoms with Crippen LogP contribution in [0.4, 0.5) is 10.5 Å². The van der Waals surface area contributed by atoms with Gasteiger partial charge in [0, 0.05) is 11.7 Å². The normalized spacial score (nSPS) is 14.2. The van der Waals surface area contributed by atoms with Crippen LogP contribution in [0.3, 0.4) is 0 Å². The fourth-order valence-corrected chi connectivity index (χ4v) is 2.53. The van der Waals surface area contributed by atoms with Crippen LogP contribution >= 0.6 is 0 Å². The summed E-state index contributed by atoms with van der Waals surface area (Å²) in [4.78, 5) is 24.5. The summed E-state index contributed by atoms with van der Waals surface area (Å²) in [7, 11) is 0. The molecule has 0 aliphatic carbocycles. The van der Waals surface area contributed by atoms with Gasteiger partial charge >= 0.3 is 12.1 Å². The van der Waals surface area contributed by atoms with E-state index < -0.39 is 17.3 Å². The lowest BCUT2D eigenvalue weighted by molar-refractivity contribution is -0.159. The van der Waals surface area contributed by atoms with E-state index in [1.165, 1.54) is 0 Å². The highest BCUT2D eigenvalue weighted by Gasteiger charge is 2.26. The molecular formula is C21H34N2O4. The second kappa shape index (κ2) is 9.11. The molecule has 1 aromatic rings. The molecule has 1 unspecified atom stereocenters. The van der Waals surface area contributed by atoms with Crippen LogP contribution in [0, 0.1) is 5.92 Å². The van der Waals surface area contributed by atoms with E-state index in [0.29, 0.717) is 18.5 Å². The quantitative estimate of drug-likeness (QED) is 0.575. The average Bonchev–Trinajstić information content (AvgIpc) is 2.45. The summed E-state index contributed by atoms with van der Waals surface area (Å²) in [5, 5.41) is 2.89. The van der Waals surface area contributed by atoms with Gasteiger partial charge < -0.3 is 20.5 Å². The van der Waals surface area contributed by atoms with Gasteiger partial charge in [-0.2, -0.15) is 0 Å². The lowest BCUT2D eigenvalue weighted by atomic mass is 9.96. The van der Waals surface area contributed by atoms with E-state index >= 15 is 0 Å². The summed E-state index contributed by atoms with van der Waals surface area (Å²) in [6.07, 6.45) is 0.505. The van der Waals surface area contributed by atoms with Crippen LogP contribution in [0.15, 0.2) is 24.3 Å². The van der Waals surface area contributed by atoms with Crippen LogP contribution in [0.25, 0.3) is 0 Å². The summed E-state index contributed by atoms with van der Waals surface area (Å²) in [6, 6.07) is 7.19. The molecule has 0 saturated heterocycles. The number of carbonyl (C=O) groups excluding carboxylic acids is 2. The molecule has 0 heterocycles. The number of carbonyl (C=O) groups is 2. The lowest BCUT2D eigenvalue weighted by Crippen LogP contribution is -2.42. The molecule has 0 aromatic heterocycles. The first kappa shape index (κ1) is 22.8. The van der Waals surface area contributed by atoms with Crippen molar-refractivity contribution in [2.45, 2.75) is 78.6 Å². The van der Waals surface area contributed by atoms with Crippen molar-refractivity contribution in [2.24, 2.45) is 5.92 Å². The minimum atomic E-state index is -0.591. The van der Waals surface area contributed by atoms with Crippen LogP contribution in [0.1, 0.15) is 60.5 Å². The van der Waals surface area contributed by atoms with E-state index in [4.69, 9.17) is 15.2 Å². The van der Waals surface area contributed by atoms with E-state index in [9.17, 15) is 9.59 Å². The fraction of sp³-hybridized carbons (Fsp3) is 0.619. The molecule has 27 heavy (non-hydrogen) atoms. The van der Waals surface area contributed by atoms with E-state index in [1.54, 1.807) is 6.92 Å². The zero-order valence-corrected chi connectivity index (χ0v) is 17.6. The number of nitrogens with two attached hydrogens (primary N) is 1. The number of hydrogen-bond acceptors (Lipinski definition) is 5. The highest BCUT2D eigenvalue weighted by atomic mass is 16.6. The standard InChI is InChI=1S/C21H34N2O4/c1-14(18(24)26-20(2,3)4)12-17(23-19(25)27-21(5,6)7)13-15-8-10-16(22)11-9-15/h8-11,14,17H,12-13,22H2,1-7H3,(H,23,25)/t14?,17-/m1/s1. The zero-order chi connectivity index (χ0) is 20.8.